The topological polar surface area (TPSA) is 92.8 Å². The molecule has 1 amide bonds. The van der Waals surface area contributed by atoms with Gasteiger partial charge in [-0.2, -0.15) is 0 Å². The smallest absolute Gasteiger partial charge is 0.337 e. The molecule has 39 heavy (non-hydrogen) atoms. The average molecular weight is 583 g/mol. The Balaban J connectivity index is 1.78. The monoisotopic (exact) mass is 582 g/mol. The molecule has 4 aromatic carbocycles. The fraction of sp³-hybridized carbons (Fsp3) is 0.103. The molecule has 0 unspecified atom stereocenters. The molecular formula is C29H24Cl2N2O5S. The molecule has 0 aliphatic carbocycles. The molecule has 0 aliphatic heterocycles. The van der Waals surface area contributed by atoms with Crippen LogP contribution in [-0.2, 0) is 21.3 Å². The zero-order valence-electron chi connectivity index (χ0n) is 21.0. The van der Waals surface area contributed by atoms with Crippen molar-refractivity contribution in [3.8, 4) is 0 Å². The van der Waals surface area contributed by atoms with Crippen molar-refractivity contribution in [1.82, 2.24) is 0 Å². The second kappa shape index (κ2) is 11.9. The highest BCUT2D eigenvalue weighted by atomic mass is 35.5. The first kappa shape index (κ1) is 28.2. The van der Waals surface area contributed by atoms with E-state index < -0.39 is 21.9 Å². The van der Waals surface area contributed by atoms with E-state index in [9.17, 15) is 18.0 Å². The summed E-state index contributed by atoms with van der Waals surface area (Å²) in [4.78, 5) is 25.6. The summed E-state index contributed by atoms with van der Waals surface area (Å²) in [6.45, 7) is 1.80. The van der Waals surface area contributed by atoms with E-state index in [1.165, 1.54) is 47.8 Å². The van der Waals surface area contributed by atoms with Crippen molar-refractivity contribution in [1.29, 1.82) is 0 Å². The zero-order chi connectivity index (χ0) is 28.2. The molecule has 4 rings (SSSR count). The number of anilines is 2. The molecular weight excluding hydrogens is 559 g/mol. The Hall–Kier alpha value is -3.85. The third kappa shape index (κ3) is 6.42. The lowest BCUT2D eigenvalue weighted by atomic mass is 10.1. The number of ether oxygens (including phenoxy) is 1. The van der Waals surface area contributed by atoms with Gasteiger partial charge in [0.15, 0.2) is 0 Å². The average Bonchev–Trinajstić information content (AvgIpc) is 2.93. The fourth-order valence-electron chi connectivity index (χ4n) is 3.83. The Morgan fingerprint density at radius 2 is 1.56 bits per heavy atom. The van der Waals surface area contributed by atoms with Gasteiger partial charge in [-0.1, -0.05) is 65.2 Å². The van der Waals surface area contributed by atoms with Crippen LogP contribution in [0.15, 0.2) is 95.9 Å². The number of carbonyl (C=O) groups is 2. The van der Waals surface area contributed by atoms with Crippen LogP contribution in [0.5, 0.6) is 0 Å². The Morgan fingerprint density at radius 1 is 0.897 bits per heavy atom. The van der Waals surface area contributed by atoms with Crippen molar-refractivity contribution in [3.63, 3.8) is 0 Å². The summed E-state index contributed by atoms with van der Waals surface area (Å²) in [6, 6.07) is 23.9. The molecule has 0 radical (unpaired) electrons. The van der Waals surface area contributed by atoms with Crippen LogP contribution in [0.2, 0.25) is 10.0 Å². The van der Waals surface area contributed by atoms with Crippen LogP contribution in [-0.4, -0.2) is 27.4 Å². The van der Waals surface area contributed by atoms with Crippen molar-refractivity contribution in [2.45, 2.75) is 18.4 Å². The van der Waals surface area contributed by atoms with E-state index in [0.29, 0.717) is 10.6 Å². The maximum atomic E-state index is 14.0. The van der Waals surface area contributed by atoms with Gasteiger partial charge in [-0.3, -0.25) is 9.10 Å². The van der Waals surface area contributed by atoms with Crippen LogP contribution in [0.3, 0.4) is 0 Å². The van der Waals surface area contributed by atoms with Gasteiger partial charge in [0, 0.05) is 5.02 Å². The minimum Gasteiger partial charge on any atom is -0.465 e. The third-order valence-electron chi connectivity index (χ3n) is 5.90. The van der Waals surface area contributed by atoms with Gasteiger partial charge in [0.05, 0.1) is 46.1 Å². The first-order valence-corrected chi connectivity index (χ1v) is 13.9. The van der Waals surface area contributed by atoms with Crippen LogP contribution < -0.4 is 9.62 Å². The number of aryl methyl sites for hydroxylation is 1. The van der Waals surface area contributed by atoms with Crippen molar-refractivity contribution in [2.24, 2.45) is 0 Å². The Kier molecular flexibility index (Phi) is 8.60. The summed E-state index contributed by atoms with van der Waals surface area (Å²) >= 11 is 12.3. The van der Waals surface area contributed by atoms with Crippen LogP contribution >= 0.6 is 23.2 Å². The van der Waals surface area contributed by atoms with Gasteiger partial charge < -0.3 is 10.1 Å². The quantitative estimate of drug-likeness (QED) is 0.232. The predicted molar refractivity (Wildman–Crippen MR) is 153 cm³/mol. The fourth-order valence-corrected chi connectivity index (χ4v) is 5.59. The van der Waals surface area contributed by atoms with Gasteiger partial charge in [0.2, 0.25) is 0 Å². The molecule has 10 heteroatoms. The largest absolute Gasteiger partial charge is 0.465 e. The zero-order valence-corrected chi connectivity index (χ0v) is 23.3. The number of esters is 1. The number of hydrogen-bond acceptors (Lipinski definition) is 5. The number of rotatable bonds is 8. The summed E-state index contributed by atoms with van der Waals surface area (Å²) in [7, 11) is -2.86. The minimum atomic E-state index is -4.10. The van der Waals surface area contributed by atoms with Gasteiger partial charge >= 0.3 is 5.97 Å². The SMILES string of the molecule is COC(=O)c1ccc(Cl)c(NC(=O)c2ccccc2N(Cc2ccc(Cl)cc2)S(=O)(=O)c2ccc(C)cc2)c1. The van der Waals surface area contributed by atoms with Crippen molar-refractivity contribution < 1.29 is 22.7 Å². The molecule has 1 N–H and O–H groups in total. The second-order valence-electron chi connectivity index (χ2n) is 8.61. The summed E-state index contributed by atoms with van der Waals surface area (Å²) in [5.41, 5.74) is 2.18. The van der Waals surface area contributed by atoms with Crippen LogP contribution in [0.1, 0.15) is 31.8 Å². The lowest BCUT2D eigenvalue weighted by molar-refractivity contribution is 0.0600. The molecule has 0 heterocycles. The number of benzene rings is 4. The van der Waals surface area contributed by atoms with Gasteiger partial charge in [-0.15, -0.1) is 0 Å². The summed E-state index contributed by atoms with van der Waals surface area (Å²) in [5.74, 6) is -1.21. The van der Waals surface area contributed by atoms with E-state index in [0.717, 1.165) is 5.56 Å². The van der Waals surface area contributed by atoms with Gasteiger partial charge in [0.1, 0.15) is 0 Å². The number of para-hydroxylation sites is 1. The number of amides is 1. The lowest BCUT2D eigenvalue weighted by Gasteiger charge is -2.27. The summed E-state index contributed by atoms with van der Waals surface area (Å²) < 4.78 is 33.8. The maximum absolute atomic E-state index is 14.0. The third-order valence-corrected chi connectivity index (χ3v) is 8.26. The van der Waals surface area contributed by atoms with Crippen molar-refractivity contribution in [2.75, 3.05) is 16.7 Å². The molecule has 200 valence electrons. The first-order chi connectivity index (χ1) is 18.6. The molecule has 0 bridgehead atoms. The Bertz CT molecular complexity index is 1620. The normalized spacial score (nSPS) is 11.1. The Morgan fingerprint density at radius 3 is 2.23 bits per heavy atom. The van der Waals surface area contributed by atoms with E-state index >= 15 is 0 Å². The second-order valence-corrected chi connectivity index (χ2v) is 11.3. The molecule has 4 aromatic rings. The number of sulfonamides is 1. The number of nitrogens with zero attached hydrogens (tertiary/aromatic N) is 1. The van der Waals surface area contributed by atoms with Crippen LogP contribution in [0.4, 0.5) is 11.4 Å². The van der Waals surface area contributed by atoms with E-state index in [2.05, 4.69) is 5.32 Å². The van der Waals surface area contributed by atoms with E-state index in [1.54, 1.807) is 54.6 Å². The first-order valence-electron chi connectivity index (χ1n) is 11.7. The number of nitrogens with one attached hydrogen (secondary N) is 1. The van der Waals surface area contributed by atoms with Crippen LogP contribution in [0.25, 0.3) is 0 Å². The number of hydrogen-bond donors (Lipinski definition) is 1. The lowest BCUT2D eigenvalue weighted by Crippen LogP contribution is -2.32. The Labute approximate surface area is 237 Å². The molecule has 7 nitrogen and oxygen atoms in total. The molecule has 0 saturated carbocycles. The number of carbonyl (C=O) groups excluding carboxylic acids is 2. The highest BCUT2D eigenvalue weighted by molar-refractivity contribution is 7.92. The number of halogens is 2. The molecule has 0 spiro atoms. The summed E-state index contributed by atoms with van der Waals surface area (Å²) in [5, 5.41) is 3.40. The van der Waals surface area contributed by atoms with Gasteiger partial charge in [0.25, 0.3) is 15.9 Å². The van der Waals surface area contributed by atoms with E-state index in [4.69, 9.17) is 27.9 Å². The van der Waals surface area contributed by atoms with Gasteiger partial charge in [-0.25, -0.2) is 13.2 Å². The van der Waals surface area contributed by atoms with Crippen molar-refractivity contribution in [3.05, 3.63) is 123 Å². The molecule has 0 aliphatic rings. The maximum Gasteiger partial charge on any atom is 0.337 e. The van der Waals surface area contributed by atoms with Crippen LogP contribution in [0, 0.1) is 6.92 Å². The van der Waals surface area contributed by atoms with E-state index in [1.807, 2.05) is 6.92 Å². The van der Waals surface area contributed by atoms with E-state index in [-0.39, 0.29) is 39.0 Å². The highest BCUT2D eigenvalue weighted by Crippen LogP contribution is 2.31. The minimum absolute atomic E-state index is 0.0593. The standard InChI is InChI=1S/C29H24Cl2N2O5S/c1-19-7-14-23(15-8-19)39(36,37)33(18-20-9-12-22(30)13-10-20)27-6-4-3-5-24(27)28(34)32-26-17-21(29(35)38-2)11-16-25(26)31/h3-17H,18H2,1-2H3,(H,32,34). The molecule has 0 aromatic heterocycles. The number of methoxy groups -OCH3 is 1. The van der Waals surface area contributed by atoms with Crippen molar-refractivity contribution >= 4 is 56.5 Å². The van der Waals surface area contributed by atoms with Gasteiger partial charge in [-0.05, 0) is 67.1 Å². The predicted octanol–water partition coefficient (Wildman–Crippen LogP) is 6.74. The molecule has 0 saturated heterocycles. The molecule has 0 atom stereocenters. The highest BCUT2D eigenvalue weighted by Gasteiger charge is 2.29. The molecule has 0 fully saturated rings. The summed E-state index contributed by atoms with van der Waals surface area (Å²) in [6.07, 6.45) is 0.